The Morgan fingerprint density at radius 1 is 1.42 bits per heavy atom. The number of esters is 1. The van der Waals surface area contributed by atoms with Crippen molar-refractivity contribution >= 4 is 22.8 Å². The SMILES string of the molecule is COC(=O)c1c[nH]cc1C(=O)Cl. The van der Waals surface area contributed by atoms with Crippen molar-refractivity contribution in [3.63, 3.8) is 0 Å². The van der Waals surface area contributed by atoms with E-state index in [-0.39, 0.29) is 11.1 Å². The summed E-state index contributed by atoms with van der Waals surface area (Å²) in [4.78, 5) is 24.2. The number of halogens is 1. The summed E-state index contributed by atoms with van der Waals surface area (Å²) < 4.78 is 4.42. The summed E-state index contributed by atoms with van der Waals surface area (Å²) in [7, 11) is 1.23. The third-order valence-corrected chi connectivity index (χ3v) is 1.57. The highest BCUT2D eigenvalue weighted by Gasteiger charge is 2.16. The zero-order valence-electron chi connectivity index (χ0n) is 6.26. The zero-order valence-corrected chi connectivity index (χ0v) is 7.01. The van der Waals surface area contributed by atoms with E-state index >= 15 is 0 Å². The molecule has 0 spiro atoms. The van der Waals surface area contributed by atoms with Crippen LogP contribution in [0.15, 0.2) is 12.4 Å². The van der Waals surface area contributed by atoms with E-state index in [1.54, 1.807) is 0 Å². The molecule has 0 aliphatic heterocycles. The molecule has 0 aliphatic carbocycles. The van der Waals surface area contributed by atoms with Crippen LogP contribution in [-0.4, -0.2) is 23.3 Å². The molecule has 0 saturated heterocycles. The van der Waals surface area contributed by atoms with Crippen LogP contribution in [0.3, 0.4) is 0 Å². The number of hydrogen-bond acceptors (Lipinski definition) is 3. The predicted molar refractivity (Wildman–Crippen MR) is 42.3 cm³/mol. The summed E-state index contributed by atoms with van der Waals surface area (Å²) in [6.07, 6.45) is 2.71. The van der Waals surface area contributed by atoms with Gasteiger partial charge in [0.1, 0.15) is 0 Å². The number of carbonyl (C=O) groups is 2. The van der Waals surface area contributed by atoms with Gasteiger partial charge in [-0.25, -0.2) is 4.79 Å². The molecule has 0 fully saturated rings. The summed E-state index contributed by atoms with van der Waals surface area (Å²) in [5.41, 5.74) is 0.279. The molecule has 1 aromatic rings. The Morgan fingerprint density at radius 2 is 2.00 bits per heavy atom. The summed E-state index contributed by atoms with van der Waals surface area (Å²) in [6.45, 7) is 0. The maximum absolute atomic E-state index is 10.9. The fraction of sp³-hybridized carbons (Fsp3) is 0.143. The molecule has 5 heteroatoms. The van der Waals surface area contributed by atoms with Crippen LogP contribution >= 0.6 is 11.6 Å². The molecule has 0 amide bonds. The van der Waals surface area contributed by atoms with Gasteiger partial charge in [0.2, 0.25) is 0 Å². The predicted octanol–water partition coefficient (Wildman–Crippen LogP) is 1.18. The first-order chi connectivity index (χ1) is 5.66. The summed E-state index contributed by atoms with van der Waals surface area (Å²) in [5.74, 6) is -0.583. The number of nitrogens with one attached hydrogen (secondary N) is 1. The van der Waals surface area contributed by atoms with Crippen LogP contribution in [0.4, 0.5) is 0 Å². The highest BCUT2D eigenvalue weighted by molar-refractivity contribution is 6.68. The maximum Gasteiger partial charge on any atom is 0.340 e. The second-order valence-electron chi connectivity index (χ2n) is 2.05. The molecule has 64 valence electrons. The molecule has 0 saturated carbocycles. The smallest absolute Gasteiger partial charge is 0.340 e. The lowest BCUT2D eigenvalue weighted by molar-refractivity contribution is 0.0598. The molecule has 1 N–H and O–H groups in total. The van der Waals surface area contributed by atoms with Crippen LogP contribution in [0.25, 0.3) is 0 Å². The van der Waals surface area contributed by atoms with Gasteiger partial charge in [-0.15, -0.1) is 0 Å². The largest absolute Gasteiger partial charge is 0.465 e. The lowest BCUT2D eigenvalue weighted by atomic mass is 10.2. The molecule has 12 heavy (non-hydrogen) atoms. The third-order valence-electron chi connectivity index (χ3n) is 1.36. The second-order valence-corrected chi connectivity index (χ2v) is 2.39. The van der Waals surface area contributed by atoms with Gasteiger partial charge in [-0.1, -0.05) is 0 Å². The van der Waals surface area contributed by atoms with Crippen molar-refractivity contribution in [1.29, 1.82) is 0 Å². The lowest BCUT2D eigenvalue weighted by Gasteiger charge is -1.95. The standard InChI is InChI=1S/C7H6ClNO3/c1-12-7(11)5-3-9-2-4(5)6(8)10/h2-3,9H,1H3. The van der Waals surface area contributed by atoms with Gasteiger partial charge < -0.3 is 9.72 Å². The van der Waals surface area contributed by atoms with E-state index in [0.29, 0.717) is 0 Å². The summed E-state index contributed by atoms with van der Waals surface area (Å²) in [6, 6.07) is 0. The summed E-state index contributed by atoms with van der Waals surface area (Å²) >= 11 is 5.18. The van der Waals surface area contributed by atoms with Crippen LogP contribution in [0.5, 0.6) is 0 Å². The molecular weight excluding hydrogens is 182 g/mol. The van der Waals surface area contributed by atoms with E-state index in [9.17, 15) is 9.59 Å². The Morgan fingerprint density at radius 3 is 2.50 bits per heavy atom. The van der Waals surface area contributed by atoms with Crippen molar-refractivity contribution in [3.05, 3.63) is 23.5 Å². The van der Waals surface area contributed by atoms with Crippen molar-refractivity contribution in [2.75, 3.05) is 7.11 Å². The van der Waals surface area contributed by atoms with Gasteiger partial charge in [0.05, 0.1) is 18.2 Å². The summed E-state index contributed by atoms with van der Waals surface area (Å²) in [5, 5.41) is -0.684. The first kappa shape index (κ1) is 8.80. The Kier molecular flexibility index (Phi) is 2.50. The number of rotatable bonds is 2. The third kappa shape index (κ3) is 1.48. The normalized spacial score (nSPS) is 9.50. The molecule has 0 bridgehead atoms. The van der Waals surface area contributed by atoms with Gasteiger partial charge in [0.25, 0.3) is 5.24 Å². The first-order valence-corrected chi connectivity index (χ1v) is 3.49. The average Bonchev–Trinajstić information content (AvgIpc) is 2.50. The number of H-pyrrole nitrogens is 1. The highest BCUT2D eigenvalue weighted by Crippen LogP contribution is 2.11. The Labute approximate surface area is 73.5 Å². The van der Waals surface area contributed by atoms with Gasteiger partial charge in [-0.3, -0.25) is 4.79 Å². The van der Waals surface area contributed by atoms with Crippen LogP contribution < -0.4 is 0 Å². The van der Waals surface area contributed by atoms with Crippen molar-refractivity contribution in [2.24, 2.45) is 0 Å². The topological polar surface area (TPSA) is 59.2 Å². The second kappa shape index (κ2) is 3.40. The van der Waals surface area contributed by atoms with Crippen molar-refractivity contribution in [2.45, 2.75) is 0 Å². The molecular formula is C7H6ClNO3. The monoisotopic (exact) mass is 187 g/mol. The van der Waals surface area contributed by atoms with E-state index in [1.165, 1.54) is 19.5 Å². The maximum atomic E-state index is 10.9. The number of ether oxygens (including phenoxy) is 1. The van der Waals surface area contributed by atoms with Gasteiger partial charge >= 0.3 is 5.97 Å². The van der Waals surface area contributed by atoms with Crippen molar-refractivity contribution in [1.82, 2.24) is 4.98 Å². The Hall–Kier alpha value is -1.29. The van der Waals surface area contributed by atoms with Gasteiger partial charge in [-0.05, 0) is 11.6 Å². The minimum absolute atomic E-state index is 0.128. The molecule has 1 heterocycles. The molecule has 0 atom stereocenters. The fourth-order valence-electron chi connectivity index (χ4n) is 0.805. The number of aromatic nitrogens is 1. The van der Waals surface area contributed by atoms with E-state index in [1.807, 2.05) is 0 Å². The molecule has 0 radical (unpaired) electrons. The molecule has 0 unspecified atom stereocenters. The van der Waals surface area contributed by atoms with Crippen LogP contribution in [-0.2, 0) is 4.74 Å². The number of carbonyl (C=O) groups excluding carboxylic acids is 2. The first-order valence-electron chi connectivity index (χ1n) is 3.11. The van der Waals surface area contributed by atoms with E-state index in [2.05, 4.69) is 9.72 Å². The molecule has 1 rings (SSSR count). The quantitative estimate of drug-likeness (QED) is 0.559. The van der Waals surface area contributed by atoms with Crippen molar-refractivity contribution in [3.8, 4) is 0 Å². The van der Waals surface area contributed by atoms with Gasteiger partial charge in [0.15, 0.2) is 0 Å². The number of aromatic amines is 1. The van der Waals surface area contributed by atoms with Gasteiger partial charge in [0, 0.05) is 12.4 Å². The molecule has 0 aromatic carbocycles. The molecule has 1 aromatic heterocycles. The minimum Gasteiger partial charge on any atom is -0.465 e. The van der Waals surface area contributed by atoms with E-state index < -0.39 is 11.2 Å². The van der Waals surface area contributed by atoms with Crippen molar-refractivity contribution < 1.29 is 14.3 Å². The lowest BCUT2D eigenvalue weighted by Crippen LogP contribution is -2.04. The number of methoxy groups -OCH3 is 1. The molecule has 4 nitrogen and oxygen atoms in total. The fourth-order valence-corrected chi connectivity index (χ4v) is 0.962. The van der Waals surface area contributed by atoms with Crippen LogP contribution in [0.1, 0.15) is 20.7 Å². The van der Waals surface area contributed by atoms with Gasteiger partial charge in [-0.2, -0.15) is 0 Å². The number of hydrogen-bond donors (Lipinski definition) is 1. The minimum atomic E-state index is -0.684. The Bertz CT molecular complexity index is 318. The van der Waals surface area contributed by atoms with Crippen LogP contribution in [0, 0.1) is 0 Å². The highest BCUT2D eigenvalue weighted by atomic mass is 35.5. The van der Waals surface area contributed by atoms with E-state index in [4.69, 9.17) is 11.6 Å². The van der Waals surface area contributed by atoms with E-state index in [0.717, 1.165) is 0 Å². The average molecular weight is 188 g/mol. The molecule has 0 aliphatic rings. The van der Waals surface area contributed by atoms with Crippen LogP contribution in [0.2, 0.25) is 0 Å². The Balaban J connectivity index is 3.07. The zero-order chi connectivity index (χ0) is 9.14.